The topological polar surface area (TPSA) is 30.7 Å². The first-order valence-corrected chi connectivity index (χ1v) is 20.1. The number of hydrogen-bond acceptors (Lipinski definition) is 3. The lowest BCUT2D eigenvalue weighted by atomic mass is 9.65. The largest absolute Gasteiger partial charge is 0.294 e. The third-order valence-corrected chi connectivity index (χ3v) is 12.5. The molecular weight excluding hydrogens is 711 g/mol. The van der Waals surface area contributed by atoms with E-state index < -0.39 is 5.41 Å². The SMILES string of the molecule is c1ccc(C(c2ccccc2)(c2ccccc2)c2ccc(-c3nc(-c4ccc5sc6ccccc6c5c4)cc(-n4c5ccccc5c5ccccc54)n3)cc2)cc1. The molecule has 0 saturated carbocycles. The van der Waals surface area contributed by atoms with Crippen LogP contribution in [0.15, 0.2) is 212 Å². The van der Waals surface area contributed by atoms with Crippen molar-refractivity contribution in [1.82, 2.24) is 14.5 Å². The van der Waals surface area contributed by atoms with Gasteiger partial charge in [-0.2, -0.15) is 0 Å². The molecule has 4 heteroatoms. The van der Waals surface area contributed by atoms with E-state index in [0.717, 1.165) is 33.7 Å². The second-order valence-electron chi connectivity index (χ2n) is 14.5. The first-order chi connectivity index (χ1) is 28.3. The first kappa shape index (κ1) is 33.2. The molecule has 0 radical (unpaired) electrons. The summed E-state index contributed by atoms with van der Waals surface area (Å²) >= 11 is 1.83. The van der Waals surface area contributed by atoms with E-state index in [4.69, 9.17) is 9.97 Å². The standard InChI is InChI=1S/C53H35N3S/c1-4-16-38(17-5-1)53(39-18-6-2-7-19-39,40-20-8-3-9-21-40)41-31-28-36(29-32-41)52-54-46(37-30-33-50-45(34-37)44-24-12-15-27-49(44)57-50)35-51(55-52)56-47-25-13-10-22-42(47)43-23-11-14-26-48(43)56/h1-35H. The molecule has 0 bridgehead atoms. The summed E-state index contributed by atoms with van der Waals surface area (Å²) in [6.45, 7) is 0. The molecule has 0 aliphatic heterocycles. The second-order valence-corrected chi connectivity index (χ2v) is 15.6. The van der Waals surface area contributed by atoms with E-state index >= 15 is 0 Å². The predicted molar refractivity (Wildman–Crippen MR) is 238 cm³/mol. The third-order valence-electron chi connectivity index (χ3n) is 11.4. The average Bonchev–Trinajstić information content (AvgIpc) is 3.83. The van der Waals surface area contributed by atoms with Gasteiger partial charge in [0.15, 0.2) is 5.82 Å². The average molecular weight is 746 g/mol. The Morgan fingerprint density at radius 1 is 0.368 bits per heavy atom. The second kappa shape index (κ2) is 13.6. The zero-order valence-electron chi connectivity index (χ0n) is 31.0. The highest BCUT2D eigenvalue weighted by Crippen LogP contribution is 2.46. The van der Waals surface area contributed by atoms with E-state index in [1.165, 1.54) is 53.2 Å². The minimum atomic E-state index is -0.544. The van der Waals surface area contributed by atoms with Gasteiger partial charge in [-0.25, -0.2) is 9.97 Å². The molecule has 8 aromatic carbocycles. The van der Waals surface area contributed by atoms with E-state index in [9.17, 15) is 0 Å². The molecular formula is C53H35N3S. The van der Waals surface area contributed by atoms with Crippen LogP contribution in [0.4, 0.5) is 0 Å². The van der Waals surface area contributed by atoms with Gasteiger partial charge in [0.05, 0.1) is 22.1 Å². The molecule has 3 heterocycles. The molecule has 57 heavy (non-hydrogen) atoms. The van der Waals surface area contributed by atoms with Crippen molar-refractivity contribution in [3.63, 3.8) is 0 Å². The van der Waals surface area contributed by atoms with Crippen LogP contribution in [0, 0.1) is 0 Å². The number of thiophene rings is 1. The molecule has 0 N–H and O–H groups in total. The van der Waals surface area contributed by atoms with Gasteiger partial charge in [-0.15, -0.1) is 11.3 Å². The molecule has 3 aromatic heterocycles. The highest BCUT2D eigenvalue weighted by molar-refractivity contribution is 7.25. The van der Waals surface area contributed by atoms with Gasteiger partial charge in [0.1, 0.15) is 5.82 Å². The van der Waals surface area contributed by atoms with Gasteiger partial charge in [0.25, 0.3) is 0 Å². The molecule has 3 nitrogen and oxygen atoms in total. The Labute approximate surface area is 334 Å². The van der Waals surface area contributed by atoms with Gasteiger partial charge in [0.2, 0.25) is 0 Å². The molecule has 0 spiro atoms. The maximum Gasteiger partial charge on any atom is 0.162 e. The lowest BCUT2D eigenvalue weighted by Crippen LogP contribution is -2.30. The predicted octanol–water partition coefficient (Wildman–Crippen LogP) is 13.7. The van der Waals surface area contributed by atoms with Gasteiger partial charge in [-0.3, -0.25) is 4.57 Å². The Balaban J connectivity index is 1.13. The van der Waals surface area contributed by atoms with Crippen LogP contribution < -0.4 is 0 Å². The Morgan fingerprint density at radius 3 is 1.44 bits per heavy atom. The highest BCUT2D eigenvalue weighted by atomic mass is 32.1. The molecule has 0 aliphatic carbocycles. The van der Waals surface area contributed by atoms with Crippen LogP contribution in [0.1, 0.15) is 22.3 Å². The Kier molecular flexibility index (Phi) is 7.90. The van der Waals surface area contributed by atoms with E-state index in [-0.39, 0.29) is 0 Å². The smallest absolute Gasteiger partial charge is 0.162 e. The molecule has 0 fully saturated rings. The Hall–Kier alpha value is -7.14. The molecule has 0 unspecified atom stereocenters. The van der Waals surface area contributed by atoms with Crippen molar-refractivity contribution in [3.8, 4) is 28.5 Å². The molecule has 11 aromatic rings. The maximum atomic E-state index is 5.39. The number of benzene rings is 8. The van der Waals surface area contributed by atoms with Crippen molar-refractivity contribution in [1.29, 1.82) is 0 Å². The molecule has 11 rings (SSSR count). The first-order valence-electron chi connectivity index (χ1n) is 19.3. The summed E-state index contributed by atoms with van der Waals surface area (Å²) in [4.78, 5) is 10.8. The minimum absolute atomic E-state index is 0.544. The van der Waals surface area contributed by atoms with E-state index in [1.807, 2.05) is 11.3 Å². The van der Waals surface area contributed by atoms with Gasteiger partial charge < -0.3 is 0 Å². The minimum Gasteiger partial charge on any atom is -0.294 e. The van der Waals surface area contributed by atoms with Gasteiger partial charge >= 0.3 is 0 Å². The van der Waals surface area contributed by atoms with Crippen LogP contribution >= 0.6 is 11.3 Å². The van der Waals surface area contributed by atoms with Gasteiger partial charge in [0, 0.05) is 48.1 Å². The normalized spacial score (nSPS) is 11.9. The Morgan fingerprint density at radius 2 is 0.842 bits per heavy atom. The fourth-order valence-corrected chi connectivity index (χ4v) is 9.90. The molecule has 0 amide bonds. The summed E-state index contributed by atoms with van der Waals surface area (Å²) in [5.41, 5.74) is 9.36. The summed E-state index contributed by atoms with van der Waals surface area (Å²) in [6, 6.07) is 76.2. The van der Waals surface area contributed by atoms with E-state index in [1.54, 1.807) is 0 Å². The van der Waals surface area contributed by atoms with Crippen molar-refractivity contribution < 1.29 is 0 Å². The van der Waals surface area contributed by atoms with E-state index in [2.05, 4.69) is 217 Å². The Bertz CT molecular complexity index is 3070. The van der Waals surface area contributed by atoms with Crippen LogP contribution in [-0.2, 0) is 5.41 Å². The lowest BCUT2D eigenvalue weighted by molar-refractivity contribution is 0.745. The van der Waals surface area contributed by atoms with Crippen LogP contribution in [-0.4, -0.2) is 14.5 Å². The third kappa shape index (κ3) is 5.41. The van der Waals surface area contributed by atoms with Gasteiger partial charge in [-0.05, 0) is 52.6 Å². The molecule has 0 saturated heterocycles. The fourth-order valence-electron chi connectivity index (χ4n) is 8.81. The highest BCUT2D eigenvalue weighted by Gasteiger charge is 2.38. The van der Waals surface area contributed by atoms with E-state index in [0.29, 0.717) is 5.82 Å². The number of hydrogen-bond donors (Lipinski definition) is 0. The van der Waals surface area contributed by atoms with Crippen molar-refractivity contribution in [3.05, 3.63) is 235 Å². The summed E-state index contributed by atoms with van der Waals surface area (Å²) in [5, 5.41) is 4.91. The van der Waals surface area contributed by atoms with Gasteiger partial charge in [-0.1, -0.05) is 176 Å². The lowest BCUT2D eigenvalue weighted by Gasteiger charge is -2.37. The zero-order valence-corrected chi connectivity index (χ0v) is 31.8. The summed E-state index contributed by atoms with van der Waals surface area (Å²) in [7, 11) is 0. The summed E-state index contributed by atoms with van der Waals surface area (Å²) in [5.74, 6) is 1.51. The van der Waals surface area contributed by atoms with Crippen molar-refractivity contribution in [2.24, 2.45) is 0 Å². The molecule has 268 valence electrons. The maximum absolute atomic E-state index is 5.39. The number of rotatable bonds is 7. The van der Waals surface area contributed by atoms with Crippen LogP contribution in [0.5, 0.6) is 0 Å². The number of fused-ring (bicyclic) bond motifs is 6. The monoisotopic (exact) mass is 745 g/mol. The van der Waals surface area contributed by atoms with Crippen LogP contribution in [0.2, 0.25) is 0 Å². The quantitative estimate of drug-likeness (QED) is 0.152. The van der Waals surface area contributed by atoms with Crippen LogP contribution in [0.3, 0.4) is 0 Å². The van der Waals surface area contributed by atoms with Crippen molar-refractivity contribution >= 4 is 53.3 Å². The van der Waals surface area contributed by atoms with Crippen molar-refractivity contribution in [2.75, 3.05) is 0 Å². The zero-order chi connectivity index (χ0) is 37.8. The molecule has 0 atom stereocenters. The van der Waals surface area contributed by atoms with Crippen LogP contribution in [0.25, 0.3) is 70.4 Å². The number of nitrogens with zero attached hydrogens (tertiary/aromatic N) is 3. The summed E-state index contributed by atoms with van der Waals surface area (Å²) < 4.78 is 4.85. The molecule has 0 aliphatic rings. The fraction of sp³-hybridized carbons (Fsp3) is 0.0189. The number of aromatic nitrogens is 3. The number of para-hydroxylation sites is 2. The van der Waals surface area contributed by atoms with Crippen molar-refractivity contribution in [2.45, 2.75) is 5.41 Å². The summed E-state index contributed by atoms with van der Waals surface area (Å²) in [6.07, 6.45) is 0.